The molecule has 1 atom stereocenters. The van der Waals surface area contributed by atoms with Crippen LogP contribution in [0, 0.1) is 5.41 Å². The van der Waals surface area contributed by atoms with Crippen LogP contribution in [0.3, 0.4) is 0 Å². The van der Waals surface area contributed by atoms with Crippen LogP contribution in [0.15, 0.2) is 81.0 Å². The number of anilines is 1. The van der Waals surface area contributed by atoms with Crippen molar-refractivity contribution < 1.29 is 19.0 Å². The normalized spacial score (nSPS) is 18.5. The van der Waals surface area contributed by atoms with Gasteiger partial charge in [0.05, 0.1) is 43.3 Å². The third kappa shape index (κ3) is 7.06. The molecule has 0 saturated carbocycles. The largest absolute Gasteiger partial charge is 0.409 e. The van der Waals surface area contributed by atoms with E-state index in [1.807, 2.05) is 48.5 Å². The zero-order chi connectivity index (χ0) is 27.6. The van der Waals surface area contributed by atoms with Crippen LogP contribution in [-0.2, 0) is 19.0 Å². The van der Waals surface area contributed by atoms with Gasteiger partial charge in [0.1, 0.15) is 5.84 Å². The third-order valence-electron chi connectivity index (χ3n) is 5.93. The summed E-state index contributed by atoms with van der Waals surface area (Å²) in [5.41, 5.74) is 15.3. The zero-order valence-electron chi connectivity index (χ0n) is 21.7. The molecule has 204 valence electrons. The molecule has 2 aromatic carbocycles. The highest BCUT2D eigenvalue weighted by atomic mass is 16.5. The van der Waals surface area contributed by atoms with Crippen LogP contribution in [0.5, 0.6) is 0 Å². The van der Waals surface area contributed by atoms with Crippen molar-refractivity contribution in [3.05, 3.63) is 77.2 Å². The first-order chi connectivity index (χ1) is 19.0. The molecular formula is C27H32N8O4. The van der Waals surface area contributed by atoms with Crippen LogP contribution in [0.25, 0.3) is 0 Å². The van der Waals surface area contributed by atoms with Gasteiger partial charge in [0.25, 0.3) is 11.9 Å². The summed E-state index contributed by atoms with van der Waals surface area (Å²) in [5, 5.41) is 11.5. The Morgan fingerprint density at radius 3 is 2.64 bits per heavy atom. The molecule has 2 aliphatic rings. The summed E-state index contributed by atoms with van der Waals surface area (Å²) in [6.07, 6.45) is 0.206. The molecule has 2 heterocycles. The molecule has 0 bridgehead atoms. The molecule has 4 rings (SSSR count). The SMILES string of the molecule is COCCN=CC(C(=N)N1CCOCC1)=C(N)OC(N)=NC1N=C(c2ccccc2)c2ccccc2NC1=O. The number of carbonyl (C=O) groups excluding carboxylic acids is 1. The monoisotopic (exact) mass is 532 g/mol. The van der Waals surface area contributed by atoms with Crippen molar-refractivity contribution in [2.75, 3.05) is 51.9 Å². The summed E-state index contributed by atoms with van der Waals surface area (Å²) < 4.78 is 16.0. The van der Waals surface area contributed by atoms with Gasteiger partial charge in [0.15, 0.2) is 0 Å². The van der Waals surface area contributed by atoms with E-state index < -0.39 is 12.1 Å². The number of benzene rings is 2. The van der Waals surface area contributed by atoms with Crippen molar-refractivity contribution in [1.82, 2.24) is 4.90 Å². The molecule has 0 spiro atoms. The predicted octanol–water partition coefficient (Wildman–Crippen LogP) is 1.33. The zero-order valence-corrected chi connectivity index (χ0v) is 21.7. The number of benzodiazepines with no additional fused rings is 1. The Labute approximate surface area is 226 Å². The standard InChI is InChI=1S/C27H32N8O4/c1-37-14-11-31-17-20(23(28)35-12-15-38-16-13-35)24(29)39-27(30)34-25-26(36)32-21-10-6-5-9-19(21)22(33-25)18-7-3-2-4-8-18/h2-10,17,25,28H,11-16,29H2,1H3,(H2,30,34)(H,32,36). The first kappa shape index (κ1) is 27.5. The van der Waals surface area contributed by atoms with Gasteiger partial charge in [-0.2, -0.15) is 4.99 Å². The Balaban J connectivity index is 1.64. The summed E-state index contributed by atoms with van der Waals surface area (Å²) in [7, 11) is 1.57. The fraction of sp³-hybridized carbons (Fsp3) is 0.296. The molecule has 0 aliphatic carbocycles. The van der Waals surface area contributed by atoms with Gasteiger partial charge in [-0.25, -0.2) is 4.99 Å². The minimum absolute atomic E-state index is 0.108. The van der Waals surface area contributed by atoms with E-state index in [2.05, 4.69) is 20.3 Å². The van der Waals surface area contributed by atoms with Crippen molar-refractivity contribution in [3.8, 4) is 0 Å². The number of rotatable bonds is 8. The molecule has 6 N–H and O–H groups in total. The number of amidine groups is 2. The van der Waals surface area contributed by atoms with E-state index in [0.717, 1.165) is 11.1 Å². The predicted molar refractivity (Wildman–Crippen MR) is 150 cm³/mol. The average Bonchev–Trinajstić information content (AvgIpc) is 3.09. The smallest absolute Gasteiger partial charge is 0.291 e. The van der Waals surface area contributed by atoms with E-state index >= 15 is 0 Å². The summed E-state index contributed by atoms with van der Waals surface area (Å²) in [6.45, 7) is 2.78. The Kier molecular flexibility index (Phi) is 9.38. The second-order valence-electron chi connectivity index (χ2n) is 8.58. The van der Waals surface area contributed by atoms with Gasteiger partial charge >= 0.3 is 0 Å². The maximum atomic E-state index is 13.1. The lowest BCUT2D eigenvalue weighted by Crippen LogP contribution is -2.42. The number of nitrogens with two attached hydrogens (primary N) is 2. The van der Waals surface area contributed by atoms with Crippen LogP contribution in [0.4, 0.5) is 5.69 Å². The summed E-state index contributed by atoms with van der Waals surface area (Å²) in [6, 6.07) is 16.5. The molecule has 39 heavy (non-hydrogen) atoms. The highest BCUT2D eigenvalue weighted by molar-refractivity contribution is 6.19. The Bertz CT molecular complexity index is 1300. The van der Waals surface area contributed by atoms with Gasteiger partial charge < -0.3 is 35.9 Å². The first-order valence-electron chi connectivity index (χ1n) is 12.4. The molecule has 12 nitrogen and oxygen atoms in total. The van der Waals surface area contributed by atoms with Crippen LogP contribution >= 0.6 is 0 Å². The number of amides is 1. The molecule has 12 heteroatoms. The summed E-state index contributed by atoms with van der Waals surface area (Å²) >= 11 is 0. The number of hydrogen-bond donors (Lipinski definition) is 4. The number of nitrogens with zero attached hydrogens (tertiary/aromatic N) is 4. The molecule has 0 radical (unpaired) electrons. The van der Waals surface area contributed by atoms with Crippen molar-refractivity contribution in [1.29, 1.82) is 5.41 Å². The lowest BCUT2D eigenvalue weighted by atomic mass is 10.0. The van der Waals surface area contributed by atoms with Gasteiger partial charge in [0.2, 0.25) is 12.0 Å². The number of nitrogens with one attached hydrogen (secondary N) is 2. The number of morpholine rings is 1. The summed E-state index contributed by atoms with van der Waals surface area (Å²) in [5.74, 6) is -0.555. The average molecular weight is 533 g/mol. The van der Waals surface area contributed by atoms with Gasteiger partial charge in [-0.1, -0.05) is 48.5 Å². The van der Waals surface area contributed by atoms with E-state index in [1.165, 1.54) is 6.21 Å². The maximum absolute atomic E-state index is 13.1. The quantitative estimate of drug-likeness (QED) is 0.172. The van der Waals surface area contributed by atoms with Gasteiger partial charge in [-0.15, -0.1) is 0 Å². The van der Waals surface area contributed by atoms with E-state index in [4.69, 9.17) is 31.1 Å². The van der Waals surface area contributed by atoms with Crippen molar-refractivity contribution >= 4 is 35.4 Å². The lowest BCUT2D eigenvalue weighted by Gasteiger charge is -2.29. The minimum Gasteiger partial charge on any atom is -0.409 e. The fourth-order valence-corrected chi connectivity index (χ4v) is 3.97. The molecule has 1 fully saturated rings. The Morgan fingerprint density at radius 2 is 1.90 bits per heavy atom. The van der Waals surface area contributed by atoms with E-state index in [-0.39, 0.29) is 23.3 Å². The van der Waals surface area contributed by atoms with Crippen LogP contribution in [0.2, 0.25) is 0 Å². The van der Waals surface area contributed by atoms with Crippen molar-refractivity contribution in [2.45, 2.75) is 6.17 Å². The highest BCUT2D eigenvalue weighted by Crippen LogP contribution is 2.24. The number of ether oxygens (including phenoxy) is 3. The highest BCUT2D eigenvalue weighted by Gasteiger charge is 2.26. The maximum Gasteiger partial charge on any atom is 0.291 e. The number of hydrogen-bond acceptors (Lipinski definition) is 9. The second kappa shape index (κ2) is 13.3. The van der Waals surface area contributed by atoms with E-state index in [9.17, 15) is 4.79 Å². The number of fused-ring (bicyclic) bond motifs is 1. The molecule has 1 saturated heterocycles. The Hall–Kier alpha value is -4.55. The molecule has 2 aromatic rings. The fourth-order valence-electron chi connectivity index (χ4n) is 3.97. The van der Waals surface area contributed by atoms with Gasteiger partial charge in [-0.05, 0) is 6.07 Å². The minimum atomic E-state index is -1.24. The van der Waals surface area contributed by atoms with Crippen LogP contribution in [0.1, 0.15) is 11.1 Å². The van der Waals surface area contributed by atoms with Crippen LogP contribution in [-0.4, -0.2) is 87.3 Å². The number of carbonyl (C=O) groups is 1. The van der Waals surface area contributed by atoms with Crippen molar-refractivity contribution in [3.63, 3.8) is 0 Å². The third-order valence-corrected chi connectivity index (χ3v) is 5.93. The second-order valence-corrected chi connectivity index (χ2v) is 8.58. The number of aliphatic imine (C=N–C) groups is 3. The molecule has 0 aromatic heterocycles. The van der Waals surface area contributed by atoms with Gasteiger partial charge in [-0.3, -0.25) is 15.2 Å². The number of methoxy groups -OCH3 is 1. The molecular weight excluding hydrogens is 500 g/mol. The molecule has 2 aliphatic heterocycles. The van der Waals surface area contributed by atoms with E-state index in [0.29, 0.717) is 50.9 Å². The topological polar surface area (TPSA) is 173 Å². The van der Waals surface area contributed by atoms with Crippen molar-refractivity contribution in [2.24, 2.45) is 26.4 Å². The molecule has 1 amide bonds. The van der Waals surface area contributed by atoms with Crippen LogP contribution < -0.4 is 16.8 Å². The summed E-state index contributed by atoms with van der Waals surface area (Å²) in [4.78, 5) is 28.0. The molecule has 1 unspecified atom stereocenters. The first-order valence-corrected chi connectivity index (χ1v) is 12.4. The number of para-hydroxylation sites is 1. The Morgan fingerprint density at radius 1 is 1.18 bits per heavy atom. The van der Waals surface area contributed by atoms with E-state index in [1.54, 1.807) is 18.1 Å². The lowest BCUT2D eigenvalue weighted by molar-refractivity contribution is -0.117. The van der Waals surface area contributed by atoms with Gasteiger partial charge in [0, 0.05) is 37.5 Å².